The van der Waals surface area contributed by atoms with Gasteiger partial charge in [-0.15, -0.1) is 0 Å². The van der Waals surface area contributed by atoms with Crippen LogP contribution in [-0.2, 0) is 26.1 Å². The molecule has 1 aliphatic heterocycles. The summed E-state index contributed by atoms with van der Waals surface area (Å²) in [5.74, 6) is 0.206. The quantitative estimate of drug-likeness (QED) is 0.150. The minimum absolute atomic E-state index is 0.00617. The van der Waals surface area contributed by atoms with Gasteiger partial charge in [0.2, 0.25) is 0 Å². The van der Waals surface area contributed by atoms with Gasteiger partial charge in [-0.3, -0.25) is 13.9 Å². The lowest BCUT2D eigenvalue weighted by Gasteiger charge is -2.26. The van der Waals surface area contributed by atoms with Crippen molar-refractivity contribution in [1.82, 2.24) is 10.7 Å². The van der Waals surface area contributed by atoms with Crippen molar-refractivity contribution in [2.45, 2.75) is 30.4 Å². The van der Waals surface area contributed by atoms with Crippen LogP contribution in [0.3, 0.4) is 0 Å². The van der Waals surface area contributed by atoms with Crippen LogP contribution in [0.2, 0.25) is 0 Å². The number of para-hydroxylation sites is 1. The van der Waals surface area contributed by atoms with Crippen molar-refractivity contribution in [3.05, 3.63) is 120 Å². The van der Waals surface area contributed by atoms with Crippen molar-refractivity contribution in [3.63, 3.8) is 0 Å². The molecular formula is C35H36N4O7S. The zero-order valence-corrected chi connectivity index (χ0v) is 26.7. The number of carbonyl (C=O) groups excluding carboxylic acids is 2. The Kier molecular flexibility index (Phi) is 11.2. The molecule has 0 radical (unpaired) electrons. The highest BCUT2D eigenvalue weighted by molar-refractivity contribution is 7.92. The number of nitrogens with one attached hydrogen (secondary N) is 2. The van der Waals surface area contributed by atoms with Crippen LogP contribution < -0.4 is 24.5 Å². The lowest BCUT2D eigenvalue weighted by atomic mass is 10.1. The van der Waals surface area contributed by atoms with E-state index in [0.29, 0.717) is 23.6 Å². The van der Waals surface area contributed by atoms with E-state index in [1.54, 1.807) is 60.7 Å². The van der Waals surface area contributed by atoms with Crippen LogP contribution in [0.25, 0.3) is 0 Å². The second kappa shape index (κ2) is 15.9. The van der Waals surface area contributed by atoms with E-state index in [0.717, 1.165) is 25.0 Å². The average Bonchev–Trinajstić information content (AvgIpc) is 3.64. The molecule has 47 heavy (non-hydrogen) atoms. The zero-order chi connectivity index (χ0) is 33.1. The molecule has 2 amide bonds. The summed E-state index contributed by atoms with van der Waals surface area (Å²) in [7, 11) is -2.60. The number of methoxy groups -OCH3 is 1. The molecule has 1 aliphatic rings. The summed E-state index contributed by atoms with van der Waals surface area (Å²) in [6.45, 7) is 1.07. The zero-order valence-electron chi connectivity index (χ0n) is 25.9. The molecule has 0 saturated carbocycles. The van der Waals surface area contributed by atoms with E-state index < -0.39 is 15.9 Å². The monoisotopic (exact) mass is 656 g/mol. The molecule has 0 unspecified atom stereocenters. The fourth-order valence-corrected chi connectivity index (χ4v) is 6.39. The fraction of sp³-hybridized carbons (Fsp3) is 0.229. The number of ether oxygens (including phenoxy) is 3. The van der Waals surface area contributed by atoms with Gasteiger partial charge in [0, 0.05) is 13.2 Å². The predicted octanol–water partition coefficient (Wildman–Crippen LogP) is 4.53. The summed E-state index contributed by atoms with van der Waals surface area (Å²) in [4.78, 5) is 25.5. The molecule has 1 fully saturated rings. The predicted molar refractivity (Wildman–Crippen MR) is 178 cm³/mol. The van der Waals surface area contributed by atoms with Gasteiger partial charge in [-0.1, -0.05) is 42.5 Å². The molecule has 0 spiro atoms. The number of sulfonamides is 1. The molecular weight excluding hydrogens is 620 g/mol. The number of anilines is 1. The number of amides is 2. The van der Waals surface area contributed by atoms with Crippen molar-refractivity contribution in [3.8, 4) is 11.5 Å². The van der Waals surface area contributed by atoms with Crippen LogP contribution in [0.15, 0.2) is 113 Å². The second-order valence-electron chi connectivity index (χ2n) is 10.7. The Hall–Kier alpha value is -5.20. The maximum atomic E-state index is 14.0. The van der Waals surface area contributed by atoms with Crippen molar-refractivity contribution in [1.29, 1.82) is 0 Å². The number of benzene rings is 4. The Morgan fingerprint density at radius 2 is 1.64 bits per heavy atom. The maximum Gasteiger partial charge on any atom is 0.273 e. The molecule has 244 valence electrons. The van der Waals surface area contributed by atoms with Crippen LogP contribution in [0.1, 0.15) is 34.3 Å². The van der Waals surface area contributed by atoms with Gasteiger partial charge in [-0.05, 0) is 84.6 Å². The third-order valence-electron chi connectivity index (χ3n) is 7.41. The van der Waals surface area contributed by atoms with Gasteiger partial charge in [0.1, 0.15) is 11.5 Å². The van der Waals surface area contributed by atoms with Gasteiger partial charge in [0.25, 0.3) is 21.8 Å². The van der Waals surface area contributed by atoms with Gasteiger partial charge >= 0.3 is 0 Å². The van der Waals surface area contributed by atoms with Crippen LogP contribution in [0, 0.1) is 0 Å². The van der Waals surface area contributed by atoms with E-state index in [4.69, 9.17) is 14.2 Å². The normalized spacial score (nSPS) is 14.4. The molecule has 4 aromatic rings. The Morgan fingerprint density at radius 3 is 2.34 bits per heavy atom. The Bertz CT molecular complexity index is 1780. The fourth-order valence-electron chi connectivity index (χ4n) is 4.92. The van der Waals surface area contributed by atoms with Gasteiger partial charge in [0.05, 0.1) is 42.1 Å². The molecule has 0 aliphatic carbocycles. The van der Waals surface area contributed by atoms with Crippen molar-refractivity contribution in [2.75, 3.05) is 31.2 Å². The smallest absolute Gasteiger partial charge is 0.273 e. The van der Waals surface area contributed by atoms with Crippen LogP contribution in [-0.4, -0.2) is 59.4 Å². The van der Waals surface area contributed by atoms with Crippen LogP contribution in [0.4, 0.5) is 5.69 Å². The van der Waals surface area contributed by atoms with Crippen LogP contribution >= 0.6 is 0 Å². The number of nitrogens with zero attached hydrogens (tertiary/aromatic N) is 2. The highest BCUT2D eigenvalue weighted by Crippen LogP contribution is 2.30. The van der Waals surface area contributed by atoms with E-state index in [2.05, 4.69) is 15.8 Å². The lowest BCUT2D eigenvalue weighted by molar-refractivity contribution is -0.123. The first-order valence-corrected chi connectivity index (χ1v) is 16.5. The summed E-state index contributed by atoms with van der Waals surface area (Å²) >= 11 is 0. The van der Waals surface area contributed by atoms with E-state index in [1.807, 2.05) is 30.3 Å². The van der Waals surface area contributed by atoms with E-state index >= 15 is 0 Å². The SMILES string of the molecule is COc1ccc(S(=O)(=O)N(Cc2ccccc2)c2ccccc2C(=O)N/N=C\c2ccc(OCC(=O)NC[C@@H]3CCCO3)cc2)cc1. The minimum atomic E-state index is -4.10. The first kappa shape index (κ1) is 33.2. The van der Waals surface area contributed by atoms with E-state index in [9.17, 15) is 18.0 Å². The first-order valence-electron chi connectivity index (χ1n) is 15.1. The van der Waals surface area contributed by atoms with Gasteiger partial charge in [-0.25, -0.2) is 13.8 Å². The Morgan fingerprint density at radius 1 is 0.936 bits per heavy atom. The third-order valence-corrected chi connectivity index (χ3v) is 9.19. The first-order chi connectivity index (χ1) is 22.8. The Labute approximate surface area is 274 Å². The van der Waals surface area contributed by atoms with Crippen molar-refractivity contribution in [2.24, 2.45) is 5.10 Å². The third kappa shape index (κ3) is 8.96. The molecule has 0 aromatic heterocycles. The molecule has 4 aromatic carbocycles. The highest BCUT2D eigenvalue weighted by atomic mass is 32.2. The van der Waals surface area contributed by atoms with Crippen molar-refractivity contribution < 1.29 is 32.2 Å². The lowest BCUT2D eigenvalue weighted by Crippen LogP contribution is -2.35. The van der Waals surface area contributed by atoms with E-state index in [1.165, 1.54) is 29.8 Å². The molecule has 1 atom stereocenters. The standard InChI is InChI=1S/C35H36N4O7S/c1-44-28-17-19-31(20-18-28)47(42,43)39(24-27-8-3-2-4-9-27)33-12-6-5-11-32(33)35(41)38-37-22-26-13-15-29(16-14-26)46-25-34(40)36-23-30-10-7-21-45-30/h2-6,8-9,11-20,22,30H,7,10,21,23-25H2,1H3,(H,36,40)(H,38,41)/b37-22-/t30-/m0/s1. The number of hydrogen-bond donors (Lipinski definition) is 2. The summed E-state index contributed by atoms with van der Waals surface area (Å²) < 4.78 is 45.5. The topological polar surface area (TPSA) is 136 Å². The maximum absolute atomic E-state index is 14.0. The summed E-state index contributed by atoms with van der Waals surface area (Å²) in [5.41, 5.74) is 4.23. The summed E-state index contributed by atoms with van der Waals surface area (Å²) in [5, 5.41) is 6.89. The largest absolute Gasteiger partial charge is 0.497 e. The molecule has 11 nitrogen and oxygen atoms in total. The molecule has 1 saturated heterocycles. The molecule has 1 heterocycles. The van der Waals surface area contributed by atoms with Crippen molar-refractivity contribution >= 4 is 33.7 Å². The van der Waals surface area contributed by atoms with Gasteiger partial charge in [-0.2, -0.15) is 5.10 Å². The van der Waals surface area contributed by atoms with Gasteiger partial charge in [0.15, 0.2) is 6.61 Å². The Balaban J connectivity index is 1.26. The number of carbonyl (C=O) groups is 2. The number of rotatable bonds is 14. The van der Waals surface area contributed by atoms with Crippen LogP contribution in [0.5, 0.6) is 11.5 Å². The number of hydrazone groups is 1. The molecule has 5 rings (SSSR count). The number of hydrogen-bond acceptors (Lipinski definition) is 8. The molecule has 2 N–H and O–H groups in total. The van der Waals surface area contributed by atoms with Gasteiger partial charge < -0.3 is 19.5 Å². The highest BCUT2D eigenvalue weighted by Gasteiger charge is 2.29. The summed E-state index contributed by atoms with van der Waals surface area (Å²) in [6.07, 6.45) is 3.46. The summed E-state index contributed by atoms with van der Waals surface area (Å²) in [6, 6.07) is 28.5. The minimum Gasteiger partial charge on any atom is -0.497 e. The average molecular weight is 657 g/mol. The molecule has 12 heteroatoms. The second-order valence-corrected chi connectivity index (χ2v) is 12.5. The van der Waals surface area contributed by atoms with E-state index in [-0.39, 0.29) is 41.3 Å². The molecule has 0 bridgehead atoms.